The lowest BCUT2D eigenvalue weighted by molar-refractivity contribution is 0.329. The third-order valence-electron chi connectivity index (χ3n) is 3.86. The lowest BCUT2D eigenvalue weighted by atomic mass is 9.86. The van der Waals surface area contributed by atoms with E-state index < -0.39 is 0 Å². The van der Waals surface area contributed by atoms with Crippen molar-refractivity contribution >= 4 is 11.6 Å². The summed E-state index contributed by atoms with van der Waals surface area (Å²) in [5.74, 6) is 1.73. The van der Waals surface area contributed by atoms with Crippen LogP contribution >= 0.6 is 11.6 Å². The molecule has 84 valence electrons. The molecule has 1 rings (SSSR count). The third kappa shape index (κ3) is 3.81. The van der Waals surface area contributed by atoms with E-state index in [4.69, 9.17) is 11.6 Å². The van der Waals surface area contributed by atoms with Gasteiger partial charge in [0.25, 0.3) is 0 Å². The molecule has 0 aromatic heterocycles. The van der Waals surface area contributed by atoms with Gasteiger partial charge in [0.15, 0.2) is 0 Å². The van der Waals surface area contributed by atoms with E-state index in [9.17, 15) is 0 Å². The van der Waals surface area contributed by atoms with Gasteiger partial charge in [-0.1, -0.05) is 46.0 Å². The maximum absolute atomic E-state index is 6.45. The highest BCUT2D eigenvalue weighted by molar-refractivity contribution is 6.20. The average molecular weight is 217 g/mol. The molecule has 0 spiro atoms. The van der Waals surface area contributed by atoms with E-state index in [1.54, 1.807) is 0 Å². The van der Waals surface area contributed by atoms with Crippen molar-refractivity contribution in [3.63, 3.8) is 0 Å². The lowest BCUT2D eigenvalue weighted by Crippen LogP contribution is -2.17. The minimum absolute atomic E-state index is 0.470. The first-order chi connectivity index (χ1) is 6.77. The Morgan fingerprint density at radius 2 is 1.71 bits per heavy atom. The molecule has 0 heterocycles. The minimum atomic E-state index is 0.470. The van der Waals surface area contributed by atoms with Gasteiger partial charge >= 0.3 is 0 Å². The largest absolute Gasteiger partial charge is 0.123 e. The molecule has 14 heavy (non-hydrogen) atoms. The third-order valence-corrected chi connectivity index (χ3v) is 4.43. The minimum Gasteiger partial charge on any atom is -0.123 e. The van der Waals surface area contributed by atoms with Crippen LogP contribution in [0.15, 0.2) is 0 Å². The number of hydrogen-bond acceptors (Lipinski definition) is 0. The summed E-state index contributed by atoms with van der Waals surface area (Å²) in [7, 11) is 0. The van der Waals surface area contributed by atoms with Crippen LogP contribution < -0.4 is 0 Å². The molecule has 0 N–H and O–H groups in total. The first kappa shape index (κ1) is 12.4. The normalized spacial score (nSPS) is 29.1. The molecule has 1 saturated carbocycles. The fourth-order valence-electron chi connectivity index (χ4n) is 2.65. The SMILES string of the molecule is CCC(CC)CC1CCCCCC1Cl. The fourth-order valence-corrected chi connectivity index (χ4v) is 3.04. The van der Waals surface area contributed by atoms with Crippen LogP contribution in [0.1, 0.15) is 65.2 Å². The second kappa shape index (κ2) is 6.71. The first-order valence-corrected chi connectivity index (χ1v) is 6.85. The molecule has 1 fully saturated rings. The van der Waals surface area contributed by atoms with Gasteiger partial charge in [-0.25, -0.2) is 0 Å². The molecule has 2 unspecified atom stereocenters. The van der Waals surface area contributed by atoms with Crippen molar-refractivity contribution in [3.8, 4) is 0 Å². The van der Waals surface area contributed by atoms with E-state index in [2.05, 4.69) is 13.8 Å². The Hall–Kier alpha value is 0.290. The van der Waals surface area contributed by atoms with Gasteiger partial charge in [-0.2, -0.15) is 0 Å². The van der Waals surface area contributed by atoms with Crippen molar-refractivity contribution < 1.29 is 0 Å². The Bertz CT molecular complexity index is 140. The van der Waals surface area contributed by atoms with Crippen LogP contribution in [-0.4, -0.2) is 5.38 Å². The van der Waals surface area contributed by atoms with Gasteiger partial charge < -0.3 is 0 Å². The standard InChI is InChI=1S/C13H25Cl/c1-3-11(4-2)10-12-8-6-5-7-9-13(12)14/h11-13H,3-10H2,1-2H3. The summed E-state index contributed by atoms with van der Waals surface area (Å²) in [4.78, 5) is 0. The smallest absolute Gasteiger partial charge is 0.0364 e. The predicted molar refractivity (Wildman–Crippen MR) is 64.9 cm³/mol. The van der Waals surface area contributed by atoms with Crippen molar-refractivity contribution in [2.75, 3.05) is 0 Å². The predicted octanol–water partition coefficient (Wildman–Crippen LogP) is 5.00. The highest BCUT2D eigenvalue weighted by Crippen LogP contribution is 2.33. The topological polar surface area (TPSA) is 0 Å². The van der Waals surface area contributed by atoms with Crippen molar-refractivity contribution in [2.24, 2.45) is 11.8 Å². The van der Waals surface area contributed by atoms with Gasteiger partial charge in [0.1, 0.15) is 0 Å². The summed E-state index contributed by atoms with van der Waals surface area (Å²) in [6.07, 6.45) is 10.8. The molecule has 0 amide bonds. The van der Waals surface area contributed by atoms with Crippen LogP contribution in [0.2, 0.25) is 0 Å². The summed E-state index contributed by atoms with van der Waals surface area (Å²) < 4.78 is 0. The Kier molecular flexibility index (Phi) is 5.93. The van der Waals surface area contributed by atoms with Crippen molar-refractivity contribution in [3.05, 3.63) is 0 Å². The van der Waals surface area contributed by atoms with Gasteiger partial charge in [-0.3, -0.25) is 0 Å². The molecule has 2 atom stereocenters. The Labute approximate surface area is 94.4 Å². The molecule has 0 nitrogen and oxygen atoms in total. The molecular formula is C13H25Cl. The zero-order valence-corrected chi connectivity index (χ0v) is 10.5. The highest BCUT2D eigenvalue weighted by Gasteiger charge is 2.23. The zero-order chi connectivity index (χ0) is 10.4. The molecule has 0 saturated heterocycles. The highest BCUT2D eigenvalue weighted by atomic mass is 35.5. The summed E-state index contributed by atoms with van der Waals surface area (Å²) in [6.45, 7) is 4.63. The average Bonchev–Trinajstić information content (AvgIpc) is 2.40. The quantitative estimate of drug-likeness (QED) is 0.458. The summed E-state index contributed by atoms with van der Waals surface area (Å²) in [5, 5.41) is 0.470. The lowest BCUT2D eigenvalue weighted by Gasteiger charge is -2.24. The monoisotopic (exact) mass is 216 g/mol. The summed E-state index contributed by atoms with van der Waals surface area (Å²) in [5.41, 5.74) is 0. The second-order valence-electron chi connectivity index (χ2n) is 4.83. The van der Waals surface area contributed by atoms with E-state index in [-0.39, 0.29) is 0 Å². The Morgan fingerprint density at radius 1 is 1.07 bits per heavy atom. The molecule has 0 bridgehead atoms. The van der Waals surface area contributed by atoms with Gasteiger partial charge in [0, 0.05) is 5.38 Å². The van der Waals surface area contributed by atoms with Gasteiger partial charge in [-0.15, -0.1) is 11.6 Å². The Morgan fingerprint density at radius 3 is 2.36 bits per heavy atom. The van der Waals surface area contributed by atoms with Gasteiger partial charge in [-0.05, 0) is 31.1 Å². The van der Waals surface area contributed by atoms with E-state index in [1.807, 2.05) is 0 Å². The molecule has 0 aromatic rings. The number of hydrogen-bond donors (Lipinski definition) is 0. The van der Waals surface area contributed by atoms with Gasteiger partial charge in [0.2, 0.25) is 0 Å². The van der Waals surface area contributed by atoms with Crippen LogP contribution in [0.5, 0.6) is 0 Å². The van der Waals surface area contributed by atoms with Crippen molar-refractivity contribution in [1.29, 1.82) is 0 Å². The first-order valence-electron chi connectivity index (χ1n) is 6.42. The van der Waals surface area contributed by atoms with Crippen LogP contribution in [0.3, 0.4) is 0 Å². The molecular weight excluding hydrogens is 192 g/mol. The number of rotatable bonds is 4. The molecule has 0 radical (unpaired) electrons. The molecule has 1 aliphatic rings. The molecule has 1 heteroatoms. The molecule has 0 aromatic carbocycles. The number of halogens is 1. The van der Waals surface area contributed by atoms with Crippen molar-refractivity contribution in [2.45, 2.75) is 70.6 Å². The van der Waals surface area contributed by atoms with Crippen LogP contribution in [-0.2, 0) is 0 Å². The number of alkyl halides is 1. The fraction of sp³-hybridized carbons (Fsp3) is 1.00. The van der Waals surface area contributed by atoms with Crippen LogP contribution in [0.4, 0.5) is 0 Å². The summed E-state index contributed by atoms with van der Waals surface area (Å²) >= 11 is 6.45. The van der Waals surface area contributed by atoms with Crippen LogP contribution in [0.25, 0.3) is 0 Å². The second-order valence-corrected chi connectivity index (χ2v) is 5.39. The maximum Gasteiger partial charge on any atom is 0.0364 e. The van der Waals surface area contributed by atoms with E-state index in [0.717, 1.165) is 11.8 Å². The zero-order valence-electron chi connectivity index (χ0n) is 9.77. The van der Waals surface area contributed by atoms with E-state index >= 15 is 0 Å². The molecule has 0 aliphatic heterocycles. The van der Waals surface area contributed by atoms with Crippen molar-refractivity contribution in [1.82, 2.24) is 0 Å². The maximum atomic E-state index is 6.45. The Balaban J connectivity index is 2.39. The van der Waals surface area contributed by atoms with Gasteiger partial charge in [0.05, 0.1) is 0 Å². The van der Waals surface area contributed by atoms with E-state index in [0.29, 0.717) is 5.38 Å². The summed E-state index contributed by atoms with van der Waals surface area (Å²) in [6, 6.07) is 0. The van der Waals surface area contributed by atoms with E-state index in [1.165, 1.54) is 51.4 Å². The molecule has 1 aliphatic carbocycles. The van der Waals surface area contributed by atoms with Crippen LogP contribution in [0, 0.1) is 11.8 Å².